The van der Waals surface area contributed by atoms with Gasteiger partial charge in [0.2, 0.25) is 0 Å². The van der Waals surface area contributed by atoms with E-state index in [2.05, 4.69) is 0 Å². The molecular weight excluding hydrogens is 184 g/mol. The normalized spacial score (nSPS) is 11.7. The van der Waals surface area contributed by atoms with E-state index in [1.54, 1.807) is 32.6 Å². The molecule has 1 rings (SSSR count). The summed E-state index contributed by atoms with van der Waals surface area (Å²) in [5.74, 6) is -0.946. The third-order valence-electron chi connectivity index (χ3n) is 2.55. The Balaban J connectivity index is 3.41. The number of hydrogen-bond donors (Lipinski definition) is 1. The van der Waals surface area contributed by atoms with Crippen molar-refractivity contribution in [2.75, 3.05) is 0 Å². The van der Waals surface area contributed by atoms with Gasteiger partial charge >= 0.3 is 5.97 Å². The molecule has 0 spiro atoms. The monoisotopic (exact) mass is 198 g/mol. The Morgan fingerprint density at radius 2 is 1.86 bits per heavy atom. The van der Waals surface area contributed by atoms with E-state index in [0.29, 0.717) is 5.69 Å². The van der Waals surface area contributed by atoms with Gasteiger partial charge in [0, 0.05) is 20.2 Å². The molecule has 5 heteroatoms. The maximum atomic E-state index is 11.3. The molecule has 78 valence electrons. The highest BCUT2D eigenvalue weighted by atomic mass is 16.4. The number of hydrogen-bond acceptors (Lipinski definition) is 2. The van der Waals surface area contributed by atoms with Gasteiger partial charge in [0.25, 0.3) is 5.56 Å². The first kappa shape index (κ1) is 10.6. The van der Waals surface area contributed by atoms with Crippen molar-refractivity contribution in [3.05, 3.63) is 22.1 Å². The molecule has 0 atom stereocenters. The Hall–Kier alpha value is -1.52. The zero-order valence-corrected chi connectivity index (χ0v) is 8.74. The quantitative estimate of drug-likeness (QED) is 0.732. The van der Waals surface area contributed by atoms with Crippen molar-refractivity contribution in [1.29, 1.82) is 0 Å². The van der Waals surface area contributed by atoms with Gasteiger partial charge < -0.3 is 5.11 Å². The summed E-state index contributed by atoms with van der Waals surface area (Å²) in [5, 5.41) is 8.99. The summed E-state index contributed by atoms with van der Waals surface area (Å²) in [6, 6.07) is 1.36. The molecule has 0 amide bonds. The summed E-state index contributed by atoms with van der Waals surface area (Å²) in [4.78, 5) is 22.2. The van der Waals surface area contributed by atoms with E-state index < -0.39 is 11.4 Å². The molecule has 0 radical (unpaired) electrons. The van der Waals surface area contributed by atoms with Gasteiger partial charge in [-0.2, -0.15) is 0 Å². The van der Waals surface area contributed by atoms with E-state index in [1.165, 1.54) is 10.7 Å². The van der Waals surface area contributed by atoms with Crippen molar-refractivity contribution in [3.63, 3.8) is 0 Å². The van der Waals surface area contributed by atoms with Gasteiger partial charge in [0.15, 0.2) is 0 Å². The van der Waals surface area contributed by atoms with Crippen LogP contribution in [-0.2, 0) is 24.3 Å². The van der Waals surface area contributed by atoms with Crippen LogP contribution in [0.1, 0.15) is 19.5 Å². The summed E-state index contributed by atoms with van der Waals surface area (Å²) in [6.07, 6.45) is 0. The van der Waals surface area contributed by atoms with Crippen molar-refractivity contribution in [2.24, 2.45) is 14.1 Å². The molecule has 0 fully saturated rings. The lowest BCUT2D eigenvalue weighted by molar-refractivity contribution is -0.142. The van der Waals surface area contributed by atoms with Crippen molar-refractivity contribution >= 4 is 5.97 Å². The van der Waals surface area contributed by atoms with Crippen molar-refractivity contribution in [3.8, 4) is 0 Å². The highest BCUT2D eigenvalue weighted by Gasteiger charge is 2.33. The van der Waals surface area contributed by atoms with Gasteiger partial charge in [0.1, 0.15) is 5.41 Å². The molecular formula is C9H14N2O3. The molecule has 14 heavy (non-hydrogen) atoms. The van der Waals surface area contributed by atoms with Gasteiger partial charge in [-0.25, -0.2) is 0 Å². The van der Waals surface area contributed by atoms with Crippen molar-refractivity contribution < 1.29 is 9.90 Å². The van der Waals surface area contributed by atoms with E-state index in [9.17, 15) is 9.59 Å². The maximum Gasteiger partial charge on any atom is 0.315 e. The van der Waals surface area contributed by atoms with Crippen LogP contribution in [0.2, 0.25) is 0 Å². The topological polar surface area (TPSA) is 64.2 Å². The average Bonchev–Trinajstić information content (AvgIpc) is 2.33. The lowest BCUT2D eigenvalue weighted by Gasteiger charge is -2.20. The number of aliphatic carboxylic acids is 1. The third kappa shape index (κ3) is 1.34. The van der Waals surface area contributed by atoms with E-state index in [-0.39, 0.29) is 5.56 Å². The number of rotatable bonds is 2. The van der Waals surface area contributed by atoms with Crippen LogP contribution in [0.25, 0.3) is 0 Å². The number of carboxylic acids is 1. The predicted octanol–water partition coefficient (Wildman–Crippen LogP) is 0.0860. The summed E-state index contributed by atoms with van der Waals surface area (Å²) in [5.41, 5.74) is -0.746. The molecule has 1 heterocycles. The Labute approximate surface area is 81.6 Å². The molecule has 0 bridgehead atoms. The standard InChI is InChI=1S/C9H14N2O3/c1-9(2,8(13)14)6-5-7(12)11(4)10(6)3/h5H,1-4H3,(H,13,14). The number of carbonyl (C=O) groups is 1. The van der Waals surface area contributed by atoms with Crippen LogP contribution in [-0.4, -0.2) is 20.4 Å². The summed E-state index contributed by atoms with van der Waals surface area (Å²) in [7, 11) is 3.27. The first-order valence-corrected chi connectivity index (χ1v) is 4.25. The first-order valence-electron chi connectivity index (χ1n) is 4.25. The summed E-state index contributed by atoms with van der Waals surface area (Å²) >= 11 is 0. The number of aromatic nitrogens is 2. The zero-order valence-electron chi connectivity index (χ0n) is 8.74. The molecule has 5 nitrogen and oxygen atoms in total. The van der Waals surface area contributed by atoms with Gasteiger partial charge in [-0.15, -0.1) is 0 Å². The second kappa shape index (κ2) is 3.01. The van der Waals surface area contributed by atoms with Crippen LogP contribution in [0.5, 0.6) is 0 Å². The van der Waals surface area contributed by atoms with Crippen LogP contribution >= 0.6 is 0 Å². The zero-order chi connectivity index (χ0) is 11.1. The smallest absolute Gasteiger partial charge is 0.315 e. The molecule has 0 aliphatic carbocycles. The third-order valence-corrected chi connectivity index (χ3v) is 2.55. The van der Waals surface area contributed by atoms with Crippen LogP contribution in [0.3, 0.4) is 0 Å². The fourth-order valence-electron chi connectivity index (χ4n) is 1.31. The summed E-state index contributed by atoms with van der Waals surface area (Å²) < 4.78 is 2.93. The molecule has 0 saturated heterocycles. The van der Waals surface area contributed by atoms with Gasteiger partial charge in [-0.3, -0.25) is 19.0 Å². The molecule has 0 aliphatic heterocycles. The molecule has 1 N–H and O–H groups in total. The molecule has 0 saturated carbocycles. The van der Waals surface area contributed by atoms with Crippen LogP contribution < -0.4 is 5.56 Å². The Morgan fingerprint density at radius 1 is 1.36 bits per heavy atom. The largest absolute Gasteiger partial charge is 0.481 e. The van der Waals surface area contributed by atoms with Crippen LogP contribution in [0.15, 0.2) is 10.9 Å². The van der Waals surface area contributed by atoms with Gasteiger partial charge in [0.05, 0.1) is 5.69 Å². The fraction of sp³-hybridized carbons (Fsp3) is 0.556. The van der Waals surface area contributed by atoms with E-state index in [1.807, 2.05) is 0 Å². The molecule has 0 unspecified atom stereocenters. The lowest BCUT2D eigenvalue weighted by atomic mass is 9.89. The second-order valence-corrected chi connectivity index (χ2v) is 3.85. The number of nitrogens with zero attached hydrogens (tertiary/aromatic N) is 2. The molecule has 1 aromatic rings. The minimum absolute atomic E-state index is 0.197. The Bertz CT molecular complexity index is 426. The predicted molar refractivity (Wildman–Crippen MR) is 51.3 cm³/mol. The minimum Gasteiger partial charge on any atom is -0.481 e. The average molecular weight is 198 g/mol. The second-order valence-electron chi connectivity index (χ2n) is 3.85. The summed E-state index contributed by atoms with van der Waals surface area (Å²) in [6.45, 7) is 3.15. The maximum absolute atomic E-state index is 11.3. The lowest BCUT2D eigenvalue weighted by Crippen LogP contribution is -2.31. The SMILES string of the molecule is Cn1c(C(C)(C)C(=O)O)cc(=O)n1C. The van der Waals surface area contributed by atoms with E-state index >= 15 is 0 Å². The van der Waals surface area contributed by atoms with Gasteiger partial charge in [-0.05, 0) is 13.8 Å². The highest BCUT2D eigenvalue weighted by Crippen LogP contribution is 2.21. The Morgan fingerprint density at radius 3 is 2.14 bits per heavy atom. The van der Waals surface area contributed by atoms with E-state index in [0.717, 1.165) is 0 Å². The number of carboxylic acid groups (broad SMARTS) is 1. The van der Waals surface area contributed by atoms with Crippen molar-refractivity contribution in [2.45, 2.75) is 19.3 Å². The van der Waals surface area contributed by atoms with Crippen molar-refractivity contribution in [1.82, 2.24) is 9.36 Å². The van der Waals surface area contributed by atoms with Crippen LogP contribution in [0, 0.1) is 0 Å². The van der Waals surface area contributed by atoms with Crippen LogP contribution in [0.4, 0.5) is 0 Å². The minimum atomic E-state index is -1.05. The first-order chi connectivity index (χ1) is 6.28. The molecule has 1 aromatic heterocycles. The fourth-order valence-corrected chi connectivity index (χ4v) is 1.31. The van der Waals surface area contributed by atoms with Gasteiger partial charge in [-0.1, -0.05) is 0 Å². The van der Waals surface area contributed by atoms with E-state index in [4.69, 9.17) is 5.11 Å². The molecule has 0 aromatic carbocycles. The highest BCUT2D eigenvalue weighted by molar-refractivity contribution is 5.79. The molecule has 0 aliphatic rings. The Kier molecular flexibility index (Phi) is 2.27.